The number of ether oxygens (including phenoxy) is 2. The average molecular weight is 271 g/mol. The third-order valence-corrected chi connectivity index (χ3v) is 2.21. The molecule has 1 aromatic rings. The van der Waals surface area contributed by atoms with Gasteiger partial charge < -0.3 is 19.9 Å². The van der Waals surface area contributed by atoms with E-state index in [0.29, 0.717) is 31.9 Å². The molecule has 0 unspecified atom stereocenters. The van der Waals surface area contributed by atoms with Crippen molar-refractivity contribution in [3.8, 4) is 5.75 Å². The van der Waals surface area contributed by atoms with Crippen molar-refractivity contribution >= 4 is 5.91 Å². The molecule has 0 spiro atoms. The Hall–Kier alpha value is -1.66. The van der Waals surface area contributed by atoms with Crippen molar-refractivity contribution in [3.63, 3.8) is 0 Å². The van der Waals surface area contributed by atoms with Gasteiger partial charge in [0.2, 0.25) is 0 Å². The van der Waals surface area contributed by atoms with Crippen LogP contribution < -0.4 is 10.1 Å². The maximum Gasteiger partial charge on any atom is 0.257 e. The van der Waals surface area contributed by atoms with Crippen molar-refractivity contribution < 1.29 is 23.8 Å². The first-order valence-electron chi connectivity index (χ1n) is 6.06. The molecule has 0 saturated heterocycles. The van der Waals surface area contributed by atoms with Gasteiger partial charge >= 0.3 is 0 Å². The first-order chi connectivity index (χ1) is 9.22. The minimum atomic E-state index is -0.348. The van der Waals surface area contributed by atoms with Gasteiger partial charge in [0.05, 0.1) is 13.2 Å². The second-order valence-corrected chi connectivity index (χ2v) is 3.78. The number of halogens is 1. The van der Waals surface area contributed by atoms with Gasteiger partial charge in [-0.05, 0) is 30.7 Å². The van der Waals surface area contributed by atoms with E-state index in [0.717, 1.165) is 0 Å². The van der Waals surface area contributed by atoms with Gasteiger partial charge in [0.15, 0.2) is 6.61 Å². The Balaban J connectivity index is 2.06. The lowest BCUT2D eigenvalue weighted by atomic mass is 10.3. The summed E-state index contributed by atoms with van der Waals surface area (Å²) in [5.74, 6) is -0.144. The van der Waals surface area contributed by atoms with E-state index in [9.17, 15) is 9.18 Å². The van der Waals surface area contributed by atoms with Crippen molar-refractivity contribution in [2.24, 2.45) is 0 Å². The molecule has 0 aliphatic carbocycles. The maximum absolute atomic E-state index is 12.6. The molecule has 1 amide bonds. The normalized spacial score (nSPS) is 10.2. The minimum absolute atomic E-state index is 0.00211. The molecule has 0 atom stereocenters. The predicted molar refractivity (Wildman–Crippen MR) is 67.4 cm³/mol. The monoisotopic (exact) mass is 271 g/mol. The number of nitrogens with one attached hydrogen (secondary N) is 1. The minimum Gasteiger partial charge on any atom is -0.484 e. The molecule has 0 bridgehead atoms. The quantitative estimate of drug-likeness (QED) is 0.649. The highest BCUT2D eigenvalue weighted by Gasteiger charge is 2.02. The number of amides is 1. The van der Waals surface area contributed by atoms with Crippen LogP contribution >= 0.6 is 0 Å². The molecule has 0 fully saturated rings. The number of aliphatic hydroxyl groups is 1. The molecule has 0 radical (unpaired) electrons. The van der Waals surface area contributed by atoms with E-state index in [1.807, 2.05) is 0 Å². The van der Waals surface area contributed by atoms with Crippen molar-refractivity contribution in [2.45, 2.75) is 6.42 Å². The van der Waals surface area contributed by atoms with E-state index in [1.54, 1.807) is 0 Å². The van der Waals surface area contributed by atoms with Gasteiger partial charge in [0.25, 0.3) is 5.91 Å². The first kappa shape index (κ1) is 15.4. The molecule has 6 heteroatoms. The van der Waals surface area contributed by atoms with Crippen LogP contribution in [0.3, 0.4) is 0 Å². The molecular weight excluding hydrogens is 253 g/mol. The topological polar surface area (TPSA) is 67.8 Å². The molecule has 0 aliphatic rings. The molecule has 0 saturated carbocycles. The van der Waals surface area contributed by atoms with Crippen LogP contribution in [0, 0.1) is 5.82 Å². The number of carbonyl (C=O) groups excluding carboxylic acids is 1. The van der Waals surface area contributed by atoms with E-state index in [1.165, 1.54) is 24.3 Å². The first-order valence-corrected chi connectivity index (χ1v) is 6.06. The summed E-state index contributed by atoms with van der Waals surface area (Å²) in [7, 11) is 0. The molecule has 0 heterocycles. The van der Waals surface area contributed by atoms with Gasteiger partial charge in [-0.2, -0.15) is 0 Å². The van der Waals surface area contributed by atoms with Crippen LogP contribution in [0.25, 0.3) is 0 Å². The third kappa shape index (κ3) is 7.38. The van der Waals surface area contributed by atoms with Crippen LogP contribution in [0.5, 0.6) is 5.75 Å². The Morgan fingerprint density at radius 3 is 2.68 bits per heavy atom. The zero-order chi connectivity index (χ0) is 13.9. The Labute approximate surface area is 111 Å². The summed E-state index contributed by atoms with van der Waals surface area (Å²) in [6.07, 6.45) is 0.669. The molecule has 0 aliphatic heterocycles. The lowest BCUT2D eigenvalue weighted by molar-refractivity contribution is -0.123. The summed E-state index contributed by atoms with van der Waals surface area (Å²) in [5.41, 5.74) is 0. The van der Waals surface area contributed by atoms with Gasteiger partial charge in [-0.1, -0.05) is 0 Å². The van der Waals surface area contributed by atoms with E-state index >= 15 is 0 Å². The number of rotatable bonds is 9. The average Bonchev–Trinajstić information content (AvgIpc) is 2.42. The lowest BCUT2D eigenvalue weighted by Gasteiger charge is -2.07. The molecule has 19 heavy (non-hydrogen) atoms. The SMILES string of the molecule is O=C(COc1ccc(F)cc1)NCCCOCCO. The van der Waals surface area contributed by atoms with Gasteiger partial charge in [-0.15, -0.1) is 0 Å². The Bertz CT molecular complexity index is 369. The summed E-state index contributed by atoms with van der Waals surface area (Å²) in [4.78, 5) is 11.4. The largest absolute Gasteiger partial charge is 0.484 e. The number of carbonyl (C=O) groups is 1. The van der Waals surface area contributed by atoms with Crippen LogP contribution in [0.1, 0.15) is 6.42 Å². The summed E-state index contributed by atoms with van der Waals surface area (Å²) >= 11 is 0. The van der Waals surface area contributed by atoms with Crippen LogP contribution in [-0.2, 0) is 9.53 Å². The molecular formula is C13H18FNO4. The van der Waals surface area contributed by atoms with E-state index in [-0.39, 0.29) is 24.9 Å². The van der Waals surface area contributed by atoms with E-state index in [4.69, 9.17) is 14.6 Å². The summed E-state index contributed by atoms with van der Waals surface area (Å²) in [5, 5.41) is 11.1. The highest BCUT2D eigenvalue weighted by atomic mass is 19.1. The molecule has 0 aromatic heterocycles. The molecule has 1 rings (SSSR count). The summed E-state index contributed by atoms with van der Waals surface area (Å²) < 4.78 is 22.8. The third-order valence-electron chi connectivity index (χ3n) is 2.21. The Kier molecular flexibility index (Phi) is 7.53. The van der Waals surface area contributed by atoms with Crippen LogP contribution in [-0.4, -0.2) is 44.0 Å². The van der Waals surface area contributed by atoms with E-state index < -0.39 is 0 Å². The van der Waals surface area contributed by atoms with Gasteiger partial charge in [-0.25, -0.2) is 4.39 Å². The number of benzene rings is 1. The molecule has 1 aromatic carbocycles. The Morgan fingerprint density at radius 2 is 2.00 bits per heavy atom. The van der Waals surface area contributed by atoms with Crippen LogP contribution in [0.2, 0.25) is 0 Å². The smallest absolute Gasteiger partial charge is 0.257 e. The van der Waals surface area contributed by atoms with Gasteiger partial charge in [0.1, 0.15) is 11.6 Å². The molecule has 2 N–H and O–H groups in total. The van der Waals surface area contributed by atoms with Crippen molar-refractivity contribution in [1.82, 2.24) is 5.32 Å². The second kappa shape index (κ2) is 9.29. The highest BCUT2D eigenvalue weighted by molar-refractivity contribution is 5.77. The summed E-state index contributed by atoms with van der Waals surface area (Å²) in [6, 6.07) is 5.47. The maximum atomic E-state index is 12.6. The van der Waals surface area contributed by atoms with Gasteiger partial charge in [-0.3, -0.25) is 4.79 Å². The fourth-order valence-electron chi connectivity index (χ4n) is 1.30. The summed E-state index contributed by atoms with van der Waals surface area (Å²) in [6.45, 7) is 1.17. The van der Waals surface area contributed by atoms with E-state index in [2.05, 4.69) is 5.32 Å². The van der Waals surface area contributed by atoms with Crippen LogP contribution in [0.4, 0.5) is 4.39 Å². The standard InChI is InChI=1S/C13H18FNO4/c14-11-2-4-12(5-3-11)19-10-13(17)15-6-1-8-18-9-7-16/h2-5,16H,1,6-10H2,(H,15,17). The number of hydrogen-bond donors (Lipinski definition) is 2. The van der Waals surface area contributed by atoms with Crippen molar-refractivity contribution in [3.05, 3.63) is 30.1 Å². The molecule has 106 valence electrons. The fourth-order valence-corrected chi connectivity index (χ4v) is 1.30. The zero-order valence-electron chi connectivity index (χ0n) is 10.6. The number of hydrogen-bond acceptors (Lipinski definition) is 4. The van der Waals surface area contributed by atoms with Crippen molar-refractivity contribution in [2.75, 3.05) is 33.0 Å². The fraction of sp³-hybridized carbons (Fsp3) is 0.462. The Morgan fingerprint density at radius 1 is 1.26 bits per heavy atom. The van der Waals surface area contributed by atoms with Crippen LogP contribution in [0.15, 0.2) is 24.3 Å². The zero-order valence-corrected chi connectivity index (χ0v) is 10.6. The lowest BCUT2D eigenvalue weighted by Crippen LogP contribution is -2.30. The predicted octanol–water partition coefficient (Wildman–Crippen LogP) is 0.720. The van der Waals surface area contributed by atoms with Gasteiger partial charge in [0, 0.05) is 13.2 Å². The molecule has 5 nitrogen and oxygen atoms in total. The second-order valence-electron chi connectivity index (χ2n) is 3.78. The van der Waals surface area contributed by atoms with Crippen molar-refractivity contribution in [1.29, 1.82) is 0 Å². The highest BCUT2D eigenvalue weighted by Crippen LogP contribution is 2.10. The number of aliphatic hydroxyl groups excluding tert-OH is 1.